The van der Waals surface area contributed by atoms with Gasteiger partial charge in [-0.1, -0.05) is 41.9 Å². The fourth-order valence-electron chi connectivity index (χ4n) is 2.02. The first-order valence-electron chi connectivity index (χ1n) is 6.32. The molecule has 0 saturated heterocycles. The molecule has 2 rings (SSSR count). The van der Waals surface area contributed by atoms with Gasteiger partial charge in [0.2, 0.25) is 0 Å². The van der Waals surface area contributed by atoms with Crippen LogP contribution in [0.15, 0.2) is 42.5 Å². The molecule has 0 fully saturated rings. The second-order valence-corrected chi connectivity index (χ2v) is 7.25. The van der Waals surface area contributed by atoms with Crippen molar-refractivity contribution in [2.75, 3.05) is 0 Å². The number of halogens is 2. The van der Waals surface area contributed by atoms with Crippen molar-refractivity contribution >= 4 is 21.4 Å². The Morgan fingerprint density at radius 2 is 1.62 bits per heavy atom. The topological polar surface area (TPSA) is 60.2 Å². The number of hydrogen-bond donors (Lipinski definition) is 1. The van der Waals surface area contributed by atoms with Crippen molar-refractivity contribution in [3.63, 3.8) is 0 Å². The summed E-state index contributed by atoms with van der Waals surface area (Å²) < 4.78 is 38.4. The quantitative estimate of drug-likeness (QED) is 0.918. The maximum atomic E-state index is 14.0. The smallest absolute Gasteiger partial charge is 0.158 e. The molecule has 0 aliphatic carbocycles. The molecule has 0 heterocycles. The standard InChI is InChI=1S/C15H15ClFNO2S/c16-14-6-4-11(5-7-14)9-21(19,20)10-13-3-1-2-12(8-18)15(13)17/h1-7H,8-10,18H2. The van der Waals surface area contributed by atoms with Crippen molar-refractivity contribution in [2.45, 2.75) is 18.1 Å². The second-order valence-electron chi connectivity index (χ2n) is 4.75. The van der Waals surface area contributed by atoms with Crippen LogP contribution < -0.4 is 5.73 Å². The summed E-state index contributed by atoms with van der Waals surface area (Å²) in [7, 11) is -3.47. The largest absolute Gasteiger partial charge is 0.326 e. The molecule has 0 atom stereocenters. The Morgan fingerprint density at radius 1 is 1.00 bits per heavy atom. The van der Waals surface area contributed by atoms with Crippen LogP contribution in [0.5, 0.6) is 0 Å². The average Bonchev–Trinajstić information content (AvgIpc) is 2.43. The highest BCUT2D eigenvalue weighted by atomic mass is 35.5. The van der Waals surface area contributed by atoms with Crippen LogP contribution in [0.25, 0.3) is 0 Å². The SMILES string of the molecule is NCc1cccc(CS(=O)(=O)Cc2ccc(Cl)cc2)c1F. The van der Waals surface area contributed by atoms with E-state index in [1.54, 1.807) is 36.4 Å². The maximum absolute atomic E-state index is 14.0. The minimum atomic E-state index is -3.47. The average molecular weight is 328 g/mol. The number of rotatable bonds is 5. The fraction of sp³-hybridized carbons (Fsp3) is 0.200. The zero-order valence-corrected chi connectivity index (χ0v) is 12.8. The van der Waals surface area contributed by atoms with Gasteiger partial charge in [0.1, 0.15) is 5.82 Å². The van der Waals surface area contributed by atoms with Crippen LogP contribution in [-0.4, -0.2) is 8.42 Å². The Bertz CT molecular complexity index is 730. The minimum Gasteiger partial charge on any atom is -0.326 e. The van der Waals surface area contributed by atoms with E-state index in [-0.39, 0.29) is 23.6 Å². The van der Waals surface area contributed by atoms with E-state index in [0.29, 0.717) is 16.1 Å². The summed E-state index contributed by atoms with van der Waals surface area (Å²) in [6.07, 6.45) is 0. The van der Waals surface area contributed by atoms with E-state index in [0.717, 1.165) is 0 Å². The first-order valence-corrected chi connectivity index (χ1v) is 8.52. The van der Waals surface area contributed by atoms with Crippen molar-refractivity contribution in [1.82, 2.24) is 0 Å². The zero-order valence-electron chi connectivity index (χ0n) is 11.2. The minimum absolute atomic E-state index is 0.0386. The summed E-state index contributed by atoms with van der Waals surface area (Å²) >= 11 is 5.76. The van der Waals surface area contributed by atoms with Crippen LogP contribution >= 0.6 is 11.6 Å². The van der Waals surface area contributed by atoms with Crippen LogP contribution in [0.3, 0.4) is 0 Å². The number of sulfone groups is 1. The highest BCUT2D eigenvalue weighted by Crippen LogP contribution is 2.19. The molecule has 0 aliphatic heterocycles. The lowest BCUT2D eigenvalue weighted by atomic mass is 10.1. The summed E-state index contributed by atoms with van der Waals surface area (Å²) in [5.41, 5.74) is 6.50. The third-order valence-corrected chi connectivity index (χ3v) is 4.83. The van der Waals surface area contributed by atoms with Gasteiger partial charge in [-0.25, -0.2) is 12.8 Å². The molecule has 112 valence electrons. The van der Waals surface area contributed by atoms with E-state index in [1.165, 1.54) is 6.07 Å². The van der Waals surface area contributed by atoms with E-state index in [1.807, 2.05) is 0 Å². The summed E-state index contributed by atoms with van der Waals surface area (Å²) in [5.74, 6) is -1.05. The number of nitrogens with two attached hydrogens (primary N) is 1. The van der Waals surface area contributed by atoms with Crippen LogP contribution in [0.2, 0.25) is 5.02 Å². The lowest BCUT2D eigenvalue weighted by Gasteiger charge is -2.08. The molecular weight excluding hydrogens is 313 g/mol. The van der Waals surface area contributed by atoms with Gasteiger partial charge in [-0.3, -0.25) is 0 Å². The van der Waals surface area contributed by atoms with Gasteiger partial charge in [-0.15, -0.1) is 0 Å². The molecule has 2 aromatic rings. The van der Waals surface area contributed by atoms with Crippen molar-refractivity contribution < 1.29 is 12.8 Å². The molecule has 0 aromatic heterocycles. The van der Waals surface area contributed by atoms with Gasteiger partial charge in [0.05, 0.1) is 11.5 Å². The normalized spacial score (nSPS) is 11.6. The predicted octanol–water partition coefficient (Wildman–Crippen LogP) is 3.05. The monoisotopic (exact) mass is 327 g/mol. The maximum Gasteiger partial charge on any atom is 0.158 e. The second kappa shape index (κ2) is 6.56. The molecule has 2 N–H and O–H groups in total. The number of hydrogen-bond acceptors (Lipinski definition) is 3. The first kappa shape index (κ1) is 15.9. The summed E-state index contributed by atoms with van der Waals surface area (Å²) in [5, 5.41) is 0.540. The van der Waals surface area contributed by atoms with Crippen LogP contribution in [0.4, 0.5) is 4.39 Å². The van der Waals surface area contributed by atoms with Gasteiger partial charge < -0.3 is 5.73 Å². The van der Waals surface area contributed by atoms with Gasteiger partial charge in [-0.05, 0) is 17.7 Å². The Morgan fingerprint density at radius 3 is 2.24 bits per heavy atom. The molecule has 21 heavy (non-hydrogen) atoms. The van der Waals surface area contributed by atoms with Crippen LogP contribution in [-0.2, 0) is 27.9 Å². The van der Waals surface area contributed by atoms with Gasteiger partial charge >= 0.3 is 0 Å². The van der Waals surface area contributed by atoms with E-state index >= 15 is 0 Å². The van der Waals surface area contributed by atoms with Gasteiger partial charge in [-0.2, -0.15) is 0 Å². The summed E-state index contributed by atoms with van der Waals surface area (Å²) in [6.45, 7) is 0.0386. The molecule has 0 amide bonds. The third-order valence-electron chi connectivity index (χ3n) is 3.05. The molecule has 2 aromatic carbocycles. The van der Waals surface area contributed by atoms with Gasteiger partial charge in [0.25, 0.3) is 0 Å². The van der Waals surface area contributed by atoms with E-state index in [9.17, 15) is 12.8 Å². The Labute approximate surface area is 128 Å². The molecule has 6 heteroatoms. The fourth-order valence-corrected chi connectivity index (χ4v) is 3.65. The van der Waals surface area contributed by atoms with Crippen molar-refractivity contribution in [1.29, 1.82) is 0 Å². The predicted molar refractivity (Wildman–Crippen MR) is 82.1 cm³/mol. The van der Waals surface area contributed by atoms with E-state index < -0.39 is 15.7 Å². The van der Waals surface area contributed by atoms with Crippen LogP contribution in [0.1, 0.15) is 16.7 Å². The molecule has 0 bridgehead atoms. The van der Waals surface area contributed by atoms with Crippen molar-refractivity contribution in [2.24, 2.45) is 5.73 Å². The summed E-state index contributed by atoms with van der Waals surface area (Å²) in [6, 6.07) is 11.2. The summed E-state index contributed by atoms with van der Waals surface area (Å²) in [4.78, 5) is 0. The molecule has 0 saturated carbocycles. The first-order chi connectivity index (χ1) is 9.91. The molecule has 3 nitrogen and oxygen atoms in total. The highest BCUT2D eigenvalue weighted by Gasteiger charge is 2.17. The van der Waals surface area contributed by atoms with Crippen molar-refractivity contribution in [3.05, 3.63) is 70.0 Å². The Balaban J connectivity index is 2.20. The molecule has 0 spiro atoms. The molecule has 0 radical (unpaired) electrons. The zero-order chi connectivity index (χ0) is 15.5. The number of benzene rings is 2. The van der Waals surface area contributed by atoms with Gasteiger partial charge in [0, 0.05) is 22.7 Å². The highest BCUT2D eigenvalue weighted by molar-refractivity contribution is 7.89. The van der Waals surface area contributed by atoms with E-state index in [2.05, 4.69) is 0 Å². The van der Waals surface area contributed by atoms with Crippen LogP contribution in [0, 0.1) is 5.82 Å². The lowest BCUT2D eigenvalue weighted by molar-refractivity contribution is 0.581. The lowest BCUT2D eigenvalue weighted by Crippen LogP contribution is -2.10. The van der Waals surface area contributed by atoms with Gasteiger partial charge in [0.15, 0.2) is 9.84 Å². The third kappa shape index (κ3) is 4.27. The molecule has 0 aliphatic rings. The Hall–Kier alpha value is -1.43. The molecule has 0 unspecified atom stereocenters. The van der Waals surface area contributed by atoms with Crippen molar-refractivity contribution in [3.8, 4) is 0 Å². The van der Waals surface area contributed by atoms with E-state index in [4.69, 9.17) is 17.3 Å². The Kier molecular flexibility index (Phi) is 4.98. The molecular formula is C15H15ClFNO2S.